The van der Waals surface area contributed by atoms with Crippen LogP contribution in [0.4, 0.5) is 10.1 Å². The van der Waals surface area contributed by atoms with Crippen LogP contribution in [0.2, 0.25) is 5.02 Å². The van der Waals surface area contributed by atoms with Gasteiger partial charge < -0.3 is 5.32 Å². The highest BCUT2D eigenvalue weighted by atomic mass is 35.5. The monoisotopic (exact) mass is 405 g/mol. The predicted molar refractivity (Wildman–Crippen MR) is 90.7 cm³/mol. The molecule has 25 heavy (non-hydrogen) atoms. The molecule has 4 N–H and O–H groups in total. The lowest BCUT2D eigenvalue weighted by molar-refractivity contribution is 0.554. The van der Waals surface area contributed by atoms with Gasteiger partial charge in [0.05, 0.1) is 16.9 Å². The highest BCUT2D eigenvalue weighted by Gasteiger charge is 2.31. The summed E-state index contributed by atoms with van der Waals surface area (Å²) in [4.78, 5) is -0.742. The highest BCUT2D eigenvalue weighted by molar-refractivity contribution is 7.90. The van der Waals surface area contributed by atoms with Crippen molar-refractivity contribution in [3.05, 3.63) is 52.8 Å². The van der Waals surface area contributed by atoms with E-state index in [4.69, 9.17) is 16.7 Å². The second-order valence-corrected chi connectivity index (χ2v) is 9.09. The molecule has 3 rings (SSSR count). The van der Waals surface area contributed by atoms with E-state index in [1.54, 1.807) is 0 Å². The molecular formula is C14H13ClFN3O4S2. The second kappa shape index (κ2) is 6.22. The average Bonchev–Trinajstić information content (AvgIpc) is 2.47. The van der Waals surface area contributed by atoms with E-state index in [0.29, 0.717) is 5.56 Å². The molecule has 0 unspecified atom stereocenters. The lowest BCUT2D eigenvalue weighted by Gasteiger charge is -2.28. The molecule has 0 bridgehead atoms. The number of nitrogens with one attached hydrogen (secondary N) is 2. The second-order valence-electron chi connectivity index (χ2n) is 5.47. The number of benzene rings is 2. The number of hydrogen-bond acceptors (Lipinski definition) is 5. The maximum Gasteiger partial charge on any atom is 0.244 e. The molecule has 0 saturated carbocycles. The topological polar surface area (TPSA) is 118 Å². The van der Waals surface area contributed by atoms with Crippen LogP contribution in [0.3, 0.4) is 0 Å². The zero-order valence-corrected chi connectivity index (χ0v) is 14.9. The molecule has 0 saturated heterocycles. The molecule has 1 heterocycles. The van der Waals surface area contributed by atoms with Gasteiger partial charge in [-0.15, -0.1) is 0 Å². The number of nitrogens with two attached hydrogens (primary N) is 1. The Hall–Kier alpha value is -1.72. The van der Waals surface area contributed by atoms with Gasteiger partial charge in [-0.3, -0.25) is 0 Å². The fourth-order valence-electron chi connectivity index (χ4n) is 2.50. The highest BCUT2D eigenvalue weighted by Crippen LogP contribution is 2.33. The summed E-state index contributed by atoms with van der Waals surface area (Å²) in [6, 6.07) is 7.74. The first-order valence-electron chi connectivity index (χ1n) is 6.96. The minimum atomic E-state index is -4.17. The number of fused-ring (bicyclic) bond motifs is 1. The summed E-state index contributed by atoms with van der Waals surface area (Å²) in [5.41, 5.74) is 0.862. The van der Waals surface area contributed by atoms with Gasteiger partial charge in [0.15, 0.2) is 0 Å². The maximum absolute atomic E-state index is 13.0. The Bertz CT molecular complexity index is 1040. The van der Waals surface area contributed by atoms with Crippen LogP contribution in [0.1, 0.15) is 5.56 Å². The third-order valence-electron chi connectivity index (χ3n) is 3.61. The number of anilines is 1. The number of hydrogen-bond donors (Lipinski definition) is 3. The smallest absolute Gasteiger partial charge is 0.244 e. The van der Waals surface area contributed by atoms with E-state index in [2.05, 4.69) is 10.0 Å². The fraction of sp³-hybridized carbons (Fsp3) is 0.143. The molecule has 0 amide bonds. The summed E-state index contributed by atoms with van der Waals surface area (Å²) in [5, 5.41) is 7.79. The summed E-state index contributed by atoms with van der Waals surface area (Å²) < 4.78 is 63.2. The van der Waals surface area contributed by atoms with Crippen LogP contribution in [0.5, 0.6) is 0 Å². The van der Waals surface area contributed by atoms with Gasteiger partial charge in [0, 0.05) is 6.42 Å². The zero-order valence-electron chi connectivity index (χ0n) is 12.5. The zero-order chi connectivity index (χ0) is 18.4. The number of halogens is 2. The molecule has 0 radical (unpaired) electrons. The first-order chi connectivity index (χ1) is 11.6. The standard InChI is InChI=1S/C14H13ClFN3O4S2/c15-10-6-11-13(7-12(10)24(17,20)21)25(22,23)19-14(18-11)5-8-1-3-9(16)4-2-8/h1-4,6-7,14,18-19H,5H2,(H2,17,20,21)/t14-/m0/s1. The quantitative estimate of drug-likeness (QED) is 0.713. The van der Waals surface area contributed by atoms with Crippen molar-refractivity contribution in [2.75, 3.05) is 5.32 Å². The van der Waals surface area contributed by atoms with Crippen molar-refractivity contribution in [3.63, 3.8) is 0 Å². The fourth-order valence-corrected chi connectivity index (χ4v) is 5.00. The van der Waals surface area contributed by atoms with E-state index in [0.717, 1.165) is 6.07 Å². The Labute approximate surface area is 149 Å². The molecule has 0 spiro atoms. The third-order valence-corrected chi connectivity index (χ3v) is 6.50. The molecular weight excluding hydrogens is 393 g/mol. The van der Waals surface area contributed by atoms with Gasteiger partial charge in [0.2, 0.25) is 20.0 Å². The third kappa shape index (κ3) is 3.77. The molecule has 11 heteroatoms. The van der Waals surface area contributed by atoms with Crippen LogP contribution >= 0.6 is 11.6 Å². The van der Waals surface area contributed by atoms with Crippen LogP contribution in [0.15, 0.2) is 46.2 Å². The van der Waals surface area contributed by atoms with Crippen LogP contribution in [-0.4, -0.2) is 23.0 Å². The Balaban J connectivity index is 1.98. The molecule has 0 fully saturated rings. The minimum Gasteiger partial charge on any atom is -0.367 e. The summed E-state index contributed by atoms with van der Waals surface area (Å²) >= 11 is 5.91. The van der Waals surface area contributed by atoms with Crippen molar-refractivity contribution in [2.24, 2.45) is 5.14 Å². The van der Waals surface area contributed by atoms with E-state index >= 15 is 0 Å². The Kier molecular flexibility index (Phi) is 4.50. The van der Waals surface area contributed by atoms with Crippen LogP contribution < -0.4 is 15.2 Å². The van der Waals surface area contributed by atoms with E-state index < -0.39 is 36.9 Å². The van der Waals surface area contributed by atoms with Crippen molar-refractivity contribution < 1.29 is 21.2 Å². The molecule has 2 aromatic rings. The van der Waals surface area contributed by atoms with Crippen molar-refractivity contribution >= 4 is 37.3 Å². The SMILES string of the molecule is NS(=O)(=O)c1cc2c(cc1Cl)N[C@H](Cc1ccc(F)cc1)NS2(=O)=O. The Morgan fingerprint density at radius 2 is 1.84 bits per heavy atom. The summed E-state index contributed by atoms with van der Waals surface area (Å²) in [5.74, 6) is -0.395. The van der Waals surface area contributed by atoms with Crippen molar-refractivity contribution in [2.45, 2.75) is 22.4 Å². The van der Waals surface area contributed by atoms with Crippen LogP contribution in [0, 0.1) is 5.82 Å². The predicted octanol–water partition coefficient (Wildman–Crippen LogP) is 1.40. The molecule has 2 aromatic carbocycles. The first-order valence-corrected chi connectivity index (χ1v) is 10.4. The van der Waals surface area contributed by atoms with Crippen molar-refractivity contribution in [1.29, 1.82) is 0 Å². The number of sulfonamides is 2. The van der Waals surface area contributed by atoms with Gasteiger partial charge in [-0.05, 0) is 29.8 Å². The molecule has 134 valence electrons. The van der Waals surface area contributed by atoms with Gasteiger partial charge in [-0.1, -0.05) is 23.7 Å². The summed E-state index contributed by atoms with van der Waals surface area (Å²) in [6.07, 6.45) is -0.465. The van der Waals surface area contributed by atoms with Gasteiger partial charge >= 0.3 is 0 Å². The van der Waals surface area contributed by atoms with E-state index in [1.807, 2.05) is 0 Å². The van der Waals surface area contributed by atoms with E-state index in [1.165, 1.54) is 30.3 Å². The van der Waals surface area contributed by atoms with Crippen LogP contribution in [-0.2, 0) is 26.5 Å². The normalized spacial score (nSPS) is 19.1. The van der Waals surface area contributed by atoms with E-state index in [9.17, 15) is 21.2 Å². The summed E-state index contributed by atoms with van der Waals surface area (Å²) in [6.45, 7) is 0. The summed E-state index contributed by atoms with van der Waals surface area (Å²) in [7, 11) is -8.16. The molecule has 0 aliphatic carbocycles. The van der Waals surface area contributed by atoms with Gasteiger partial charge in [-0.25, -0.2) is 26.4 Å². The molecule has 1 aliphatic rings. The molecule has 7 nitrogen and oxygen atoms in total. The number of rotatable bonds is 3. The van der Waals surface area contributed by atoms with Gasteiger partial charge in [0.1, 0.15) is 15.6 Å². The van der Waals surface area contributed by atoms with Crippen molar-refractivity contribution in [3.8, 4) is 0 Å². The number of primary sulfonamides is 1. The minimum absolute atomic E-state index is 0.156. The Morgan fingerprint density at radius 3 is 2.44 bits per heavy atom. The molecule has 1 aliphatic heterocycles. The van der Waals surface area contributed by atoms with Crippen LogP contribution in [0.25, 0.3) is 0 Å². The average molecular weight is 406 g/mol. The van der Waals surface area contributed by atoms with Gasteiger partial charge in [0.25, 0.3) is 0 Å². The maximum atomic E-state index is 13.0. The van der Waals surface area contributed by atoms with Gasteiger partial charge in [-0.2, -0.15) is 4.72 Å². The van der Waals surface area contributed by atoms with Crippen molar-refractivity contribution in [1.82, 2.24) is 4.72 Å². The van der Waals surface area contributed by atoms with E-state index in [-0.39, 0.29) is 22.0 Å². The lowest BCUT2D eigenvalue weighted by Crippen LogP contribution is -2.46. The Morgan fingerprint density at radius 1 is 1.20 bits per heavy atom. The largest absolute Gasteiger partial charge is 0.367 e. The lowest BCUT2D eigenvalue weighted by atomic mass is 10.1. The first kappa shape index (κ1) is 18.1. The molecule has 1 atom stereocenters. The molecule has 0 aromatic heterocycles.